The van der Waals surface area contributed by atoms with Gasteiger partial charge in [0.15, 0.2) is 11.2 Å². The number of hydrogen-bond acceptors (Lipinski definition) is 6. The van der Waals surface area contributed by atoms with Crippen LogP contribution in [0.25, 0.3) is 11.2 Å². The number of rotatable bonds is 5. The highest BCUT2D eigenvalue weighted by atomic mass is 16.3. The summed E-state index contributed by atoms with van der Waals surface area (Å²) in [6.07, 6.45) is 3.04. The molecule has 28 heavy (non-hydrogen) atoms. The SMILES string of the molecule is Cn1c(N/N=C\c2ccco2)nc2c1c(=O)n(Cc1ccccc1)c(=O)n2C. The molecule has 0 aliphatic carbocycles. The molecule has 0 aliphatic heterocycles. The van der Waals surface area contributed by atoms with Crippen molar-refractivity contribution in [1.82, 2.24) is 18.7 Å². The van der Waals surface area contributed by atoms with E-state index in [1.165, 1.54) is 15.3 Å². The number of fused-ring (bicyclic) bond motifs is 1. The van der Waals surface area contributed by atoms with Gasteiger partial charge in [-0.1, -0.05) is 30.3 Å². The van der Waals surface area contributed by atoms with E-state index in [4.69, 9.17) is 4.42 Å². The zero-order valence-corrected chi connectivity index (χ0v) is 15.4. The Balaban J connectivity index is 1.77. The minimum absolute atomic E-state index is 0.187. The van der Waals surface area contributed by atoms with E-state index >= 15 is 0 Å². The van der Waals surface area contributed by atoms with Gasteiger partial charge in [0.1, 0.15) is 5.76 Å². The Kier molecular flexibility index (Phi) is 4.40. The molecule has 0 atom stereocenters. The average molecular weight is 378 g/mol. The maximum absolute atomic E-state index is 13.0. The number of nitrogens with zero attached hydrogens (tertiary/aromatic N) is 5. The third kappa shape index (κ3) is 3.02. The lowest BCUT2D eigenvalue weighted by atomic mass is 10.2. The first-order chi connectivity index (χ1) is 13.6. The van der Waals surface area contributed by atoms with Crippen molar-refractivity contribution in [2.45, 2.75) is 6.54 Å². The maximum Gasteiger partial charge on any atom is 0.332 e. The second-order valence-electron chi connectivity index (χ2n) is 6.27. The molecule has 4 rings (SSSR count). The van der Waals surface area contributed by atoms with Crippen molar-refractivity contribution in [3.8, 4) is 0 Å². The summed E-state index contributed by atoms with van der Waals surface area (Å²) >= 11 is 0. The van der Waals surface area contributed by atoms with Crippen LogP contribution in [0.2, 0.25) is 0 Å². The van der Waals surface area contributed by atoms with E-state index in [0.29, 0.717) is 17.2 Å². The first-order valence-corrected chi connectivity index (χ1v) is 8.59. The van der Waals surface area contributed by atoms with E-state index in [9.17, 15) is 9.59 Å². The first-order valence-electron chi connectivity index (χ1n) is 8.59. The second kappa shape index (κ2) is 7.03. The minimum atomic E-state index is -0.426. The third-order valence-electron chi connectivity index (χ3n) is 4.44. The van der Waals surface area contributed by atoms with Crippen LogP contribution in [0.3, 0.4) is 0 Å². The van der Waals surface area contributed by atoms with E-state index in [1.54, 1.807) is 37.1 Å². The summed E-state index contributed by atoms with van der Waals surface area (Å²) in [7, 11) is 3.29. The molecule has 4 aromatic rings. The van der Waals surface area contributed by atoms with Crippen LogP contribution in [-0.2, 0) is 20.6 Å². The number of benzene rings is 1. The molecule has 9 heteroatoms. The van der Waals surface area contributed by atoms with Crippen LogP contribution in [0.5, 0.6) is 0 Å². The summed E-state index contributed by atoms with van der Waals surface area (Å²) in [6, 6.07) is 12.9. The van der Waals surface area contributed by atoms with Crippen LogP contribution in [0.1, 0.15) is 11.3 Å². The summed E-state index contributed by atoms with van der Waals surface area (Å²) in [6.45, 7) is 0.187. The van der Waals surface area contributed by atoms with Crippen molar-refractivity contribution < 1.29 is 4.42 Å². The summed E-state index contributed by atoms with van der Waals surface area (Å²) in [5.74, 6) is 0.909. The molecular formula is C19H18N6O3. The minimum Gasteiger partial charge on any atom is -0.463 e. The molecule has 3 aromatic heterocycles. The van der Waals surface area contributed by atoms with E-state index in [-0.39, 0.29) is 12.2 Å². The molecule has 1 aromatic carbocycles. The highest BCUT2D eigenvalue weighted by Crippen LogP contribution is 2.13. The summed E-state index contributed by atoms with van der Waals surface area (Å²) < 4.78 is 9.32. The van der Waals surface area contributed by atoms with Crippen LogP contribution < -0.4 is 16.7 Å². The Hall–Kier alpha value is -3.88. The van der Waals surface area contributed by atoms with Crippen molar-refractivity contribution in [3.05, 3.63) is 80.9 Å². The highest BCUT2D eigenvalue weighted by molar-refractivity contribution is 5.77. The van der Waals surface area contributed by atoms with Crippen LogP contribution in [0.15, 0.2) is 67.8 Å². The molecule has 0 radical (unpaired) electrons. The van der Waals surface area contributed by atoms with Gasteiger partial charge >= 0.3 is 5.69 Å². The zero-order valence-electron chi connectivity index (χ0n) is 15.4. The molecule has 3 heterocycles. The molecule has 0 bridgehead atoms. The van der Waals surface area contributed by atoms with E-state index in [0.717, 1.165) is 5.56 Å². The molecule has 0 spiro atoms. The molecule has 0 amide bonds. The Bertz CT molecular complexity index is 1260. The lowest BCUT2D eigenvalue weighted by Crippen LogP contribution is -2.39. The topological polar surface area (TPSA) is 99.3 Å². The fourth-order valence-electron chi connectivity index (χ4n) is 2.97. The monoisotopic (exact) mass is 378 g/mol. The Morgan fingerprint density at radius 1 is 1.11 bits per heavy atom. The lowest BCUT2D eigenvalue weighted by molar-refractivity contribution is 0.560. The molecule has 0 saturated heterocycles. The van der Waals surface area contributed by atoms with Gasteiger partial charge in [0.2, 0.25) is 5.95 Å². The molecule has 0 fully saturated rings. The van der Waals surface area contributed by atoms with Gasteiger partial charge in [0.25, 0.3) is 5.56 Å². The predicted octanol–water partition coefficient (Wildman–Crippen LogP) is 1.52. The molecule has 142 valence electrons. The molecule has 0 saturated carbocycles. The number of aryl methyl sites for hydroxylation is 2. The van der Waals surface area contributed by atoms with Crippen LogP contribution in [0, 0.1) is 0 Å². The molecule has 0 aliphatic rings. The second-order valence-corrected chi connectivity index (χ2v) is 6.27. The number of anilines is 1. The smallest absolute Gasteiger partial charge is 0.332 e. The Labute approximate surface area is 159 Å². The van der Waals surface area contributed by atoms with Gasteiger partial charge in [-0.15, -0.1) is 0 Å². The van der Waals surface area contributed by atoms with Crippen molar-refractivity contribution in [2.24, 2.45) is 19.2 Å². The van der Waals surface area contributed by atoms with Crippen molar-refractivity contribution in [1.29, 1.82) is 0 Å². The number of aromatic nitrogens is 4. The lowest BCUT2D eigenvalue weighted by Gasteiger charge is -2.08. The molecular weight excluding hydrogens is 360 g/mol. The fraction of sp³-hybridized carbons (Fsp3) is 0.158. The number of imidazole rings is 1. The van der Waals surface area contributed by atoms with Gasteiger partial charge in [0.05, 0.1) is 19.0 Å². The predicted molar refractivity (Wildman–Crippen MR) is 106 cm³/mol. The zero-order chi connectivity index (χ0) is 19.7. The highest BCUT2D eigenvalue weighted by Gasteiger charge is 2.18. The quantitative estimate of drug-likeness (QED) is 0.419. The van der Waals surface area contributed by atoms with Gasteiger partial charge in [-0.3, -0.25) is 13.9 Å². The summed E-state index contributed by atoms with van der Waals surface area (Å²) in [5, 5.41) is 4.06. The molecule has 9 nitrogen and oxygen atoms in total. The van der Waals surface area contributed by atoms with Gasteiger partial charge in [-0.05, 0) is 17.7 Å². The van der Waals surface area contributed by atoms with Crippen LogP contribution >= 0.6 is 0 Å². The largest absolute Gasteiger partial charge is 0.463 e. The van der Waals surface area contributed by atoms with Crippen LogP contribution in [0.4, 0.5) is 5.95 Å². The van der Waals surface area contributed by atoms with E-state index < -0.39 is 11.2 Å². The standard InChI is InChI=1S/C19H18N6O3/c1-23-15-16(21-18(23)22-20-11-14-9-6-10-28-14)24(2)19(27)25(17(15)26)12-13-7-4-3-5-8-13/h3-11H,12H2,1-2H3,(H,21,22)/b20-11-. The van der Waals surface area contributed by atoms with Gasteiger partial charge in [-0.2, -0.15) is 10.1 Å². The Morgan fingerprint density at radius 2 is 1.89 bits per heavy atom. The third-order valence-corrected chi connectivity index (χ3v) is 4.44. The van der Waals surface area contributed by atoms with Gasteiger partial charge in [-0.25, -0.2) is 10.2 Å². The van der Waals surface area contributed by atoms with Gasteiger partial charge < -0.3 is 8.98 Å². The molecule has 0 unspecified atom stereocenters. The van der Waals surface area contributed by atoms with Crippen molar-refractivity contribution in [2.75, 3.05) is 5.43 Å². The van der Waals surface area contributed by atoms with Crippen molar-refractivity contribution in [3.63, 3.8) is 0 Å². The number of nitrogens with one attached hydrogen (secondary N) is 1. The summed E-state index contributed by atoms with van der Waals surface area (Å²) in [4.78, 5) is 30.1. The average Bonchev–Trinajstić information content (AvgIpc) is 3.33. The van der Waals surface area contributed by atoms with Crippen molar-refractivity contribution >= 4 is 23.3 Å². The number of hydrogen-bond donors (Lipinski definition) is 1. The number of furan rings is 1. The number of hydrazone groups is 1. The summed E-state index contributed by atoms with van der Waals surface area (Å²) in [5.41, 5.74) is 3.42. The normalized spacial score (nSPS) is 11.5. The van der Waals surface area contributed by atoms with E-state index in [1.807, 2.05) is 30.3 Å². The van der Waals surface area contributed by atoms with E-state index in [2.05, 4.69) is 15.5 Å². The van der Waals surface area contributed by atoms with Gasteiger partial charge in [0, 0.05) is 14.1 Å². The first kappa shape index (κ1) is 17.5. The Morgan fingerprint density at radius 3 is 2.61 bits per heavy atom. The fourth-order valence-corrected chi connectivity index (χ4v) is 2.97. The van der Waals surface area contributed by atoms with Crippen LogP contribution in [-0.4, -0.2) is 24.9 Å². The molecule has 1 N–H and O–H groups in total. The maximum atomic E-state index is 13.0.